The highest BCUT2D eigenvalue weighted by Crippen LogP contribution is 2.58. The van der Waals surface area contributed by atoms with Crippen LogP contribution in [0.3, 0.4) is 0 Å². The molecular weight excluding hydrogens is 431 g/mol. The SMILES string of the molecule is COCOc1cc2c(cc1Cl)C1(OC(=O)c3ccccc31)c1cc(Cl)c(O)cc1O2. The van der Waals surface area contributed by atoms with Gasteiger partial charge in [-0.25, -0.2) is 4.79 Å². The number of carbonyl (C=O) groups excluding carboxylic acids is 1. The van der Waals surface area contributed by atoms with Gasteiger partial charge in [-0.05, 0) is 18.2 Å². The lowest BCUT2D eigenvalue weighted by Gasteiger charge is -2.37. The summed E-state index contributed by atoms with van der Waals surface area (Å²) in [5.74, 6) is 0.366. The first-order valence-corrected chi connectivity index (χ1v) is 9.70. The molecular formula is C22H14Cl2O6. The summed E-state index contributed by atoms with van der Waals surface area (Å²) in [4.78, 5) is 12.8. The number of halogens is 2. The Morgan fingerprint density at radius 3 is 2.47 bits per heavy atom. The zero-order valence-electron chi connectivity index (χ0n) is 15.6. The lowest BCUT2D eigenvalue weighted by atomic mass is 9.77. The molecule has 2 aliphatic heterocycles. The van der Waals surface area contributed by atoms with Crippen molar-refractivity contribution in [2.45, 2.75) is 5.60 Å². The molecule has 1 unspecified atom stereocenters. The second-order valence-electron chi connectivity index (χ2n) is 6.85. The molecule has 30 heavy (non-hydrogen) atoms. The Hall–Kier alpha value is -2.93. The highest BCUT2D eigenvalue weighted by Gasteiger charge is 2.54. The Bertz CT molecular complexity index is 1210. The van der Waals surface area contributed by atoms with Crippen molar-refractivity contribution in [3.63, 3.8) is 0 Å². The van der Waals surface area contributed by atoms with Gasteiger partial charge in [-0.1, -0.05) is 41.4 Å². The van der Waals surface area contributed by atoms with Crippen LogP contribution < -0.4 is 9.47 Å². The molecule has 0 aromatic heterocycles. The maximum absolute atomic E-state index is 12.8. The van der Waals surface area contributed by atoms with Crippen LogP contribution in [0, 0.1) is 0 Å². The number of hydrogen-bond acceptors (Lipinski definition) is 6. The second kappa shape index (κ2) is 6.80. The van der Waals surface area contributed by atoms with Gasteiger partial charge in [-0.15, -0.1) is 0 Å². The predicted molar refractivity (Wildman–Crippen MR) is 109 cm³/mol. The van der Waals surface area contributed by atoms with Crippen LogP contribution in [-0.2, 0) is 15.1 Å². The molecule has 3 aromatic rings. The fraction of sp³-hybridized carbons (Fsp3) is 0.136. The van der Waals surface area contributed by atoms with Gasteiger partial charge in [-0.2, -0.15) is 0 Å². The number of fused-ring (bicyclic) bond motifs is 6. The molecule has 0 saturated carbocycles. The van der Waals surface area contributed by atoms with Gasteiger partial charge in [0.05, 0.1) is 15.6 Å². The summed E-state index contributed by atoms with van der Waals surface area (Å²) in [6.45, 7) is -0.00550. The quantitative estimate of drug-likeness (QED) is 0.439. The average molecular weight is 445 g/mol. The van der Waals surface area contributed by atoms with Gasteiger partial charge in [0.1, 0.15) is 23.0 Å². The summed E-state index contributed by atoms with van der Waals surface area (Å²) in [6, 6.07) is 13.2. The molecule has 0 aliphatic carbocycles. The van der Waals surface area contributed by atoms with Gasteiger partial charge < -0.3 is 24.1 Å². The molecule has 2 heterocycles. The maximum Gasteiger partial charge on any atom is 0.340 e. The number of aromatic hydroxyl groups is 1. The predicted octanol–water partition coefficient (Wildman–Crippen LogP) is 5.25. The molecule has 0 fully saturated rings. The van der Waals surface area contributed by atoms with Crippen LogP contribution in [0.4, 0.5) is 0 Å². The average Bonchev–Trinajstić information content (AvgIpc) is 3.03. The van der Waals surface area contributed by atoms with Crippen molar-refractivity contribution in [3.8, 4) is 23.0 Å². The second-order valence-corrected chi connectivity index (χ2v) is 7.66. The maximum atomic E-state index is 12.8. The van der Waals surface area contributed by atoms with Gasteiger partial charge in [0.15, 0.2) is 12.4 Å². The minimum Gasteiger partial charge on any atom is -0.506 e. The first-order chi connectivity index (χ1) is 14.5. The fourth-order valence-electron chi connectivity index (χ4n) is 3.91. The smallest absolute Gasteiger partial charge is 0.340 e. The number of rotatable bonds is 3. The third kappa shape index (κ3) is 2.58. The van der Waals surface area contributed by atoms with Crippen molar-refractivity contribution in [2.75, 3.05) is 13.9 Å². The van der Waals surface area contributed by atoms with Crippen LogP contribution in [0.15, 0.2) is 48.5 Å². The molecule has 1 N–H and O–H groups in total. The third-order valence-electron chi connectivity index (χ3n) is 5.17. The van der Waals surface area contributed by atoms with E-state index >= 15 is 0 Å². The van der Waals surface area contributed by atoms with Gasteiger partial charge in [0.2, 0.25) is 0 Å². The summed E-state index contributed by atoms with van der Waals surface area (Å²) in [7, 11) is 1.50. The monoisotopic (exact) mass is 444 g/mol. The largest absolute Gasteiger partial charge is 0.506 e. The van der Waals surface area contributed by atoms with Crippen molar-refractivity contribution in [2.24, 2.45) is 0 Å². The Morgan fingerprint density at radius 2 is 1.70 bits per heavy atom. The third-order valence-corrected chi connectivity index (χ3v) is 5.76. The Morgan fingerprint density at radius 1 is 1.00 bits per heavy atom. The van der Waals surface area contributed by atoms with E-state index in [1.165, 1.54) is 19.2 Å². The van der Waals surface area contributed by atoms with E-state index in [9.17, 15) is 9.90 Å². The zero-order valence-corrected chi connectivity index (χ0v) is 17.1. The van der Waals surface area contributed by atoms with Crippen LogP contribution >= 0.6 is 23.2 Å². The van der Waals surface area contributed by atoms with Crippen molar-refractivity contribution in [1.29, 1.82) is 0 Å². The summed E-state index contributed by atoms with van der Waals surface area (Å²) in [5, 5.41) is 10.5. The van der Waals surface area contributed by atoms with Crippen molar-refractivity contribution in [1.82, 2.24) is 0 Å². The first-order valence-electron chi connectivity index (χ1n) is 8.95. The van der Waals surface area contributed by atoms with Gasteiger partial charge in [-0.3, -0.25) is 0 Å². The number of hydrogen-bond donors (Lipinski definition) is 1. The Balaban J connectivity index is 1.83. The van der Waals surface area contributed by atoms with Crippen molar-refractivity contribution < 1.29 is 28.8 Å². The molecule has 0 radical (unpaired) electrons. The Labute approximate surface area is 181 Å². The van der Waals surface area contributed by atoms with E-state index in [0.29, 0.717) is 44.5 Å². The number of carbonyl (C=O) groups is 1. The van der Waals surface area contributed by atoms with E-state index in [4.69, 9.17) is 42.1 Å². The number of methoxy groups -OCH3 is 1. The molecule has 5 rings (SSSR count). The standard InChI is InChI=1S/C22H14Cl2O6/c1-27-10-28-20-9-19-14(7-16(20)24)22(12-5-3-2-4-11(12)21(26)30-22)13-6-15(23)17(25)8-18(13)29-19/h2-9,25H,10H2,1H3. The topological polar surface area (TPSA) is 74.2 Å². The molecule has 2 aliphatic rings. The molecule has 152 valence electrons. The normalized spacial score (nSPS) is 18.3. The van der Waals surface area contributed by atoms with Crippen molar-refractivity contribution >= 4 is 29.2 Å². The molecule has 3 aromatic carbocycles. The number of ether oxygens (including phenoxy) is 4. The highest BCUT2D eigenvalue weighted by atomic mass is 35.5. The minimum atomic E-state index is -1.34. The van der Waals surface area contributed by atoms with Crippen LogP contribution in [0.1, 0.15) is 27.0 Å². The lowest BCUT2D eigenvalue weighted by Crippen LogP contribution is -2.33. The molecule has 0 saturated heterocycles. The van der Waals surface area contributed by atoms with Crippen LogP contribution in [0.5, 0.6) is 23.0 Å². The summed E-state index contributed by atoms with van der Waals surface area (Å²) < 4.78 is 22.5. The van der Waals surface area contributed by atoms with Crippen LogP contribution in [0.25, 0.3) is 0 Å². The van der Waals surface area contributed by atoms with E-state index in [1.54, 1.807) is 24.3 Å². The minimum absolute atomic E-state index is 0.00550. The number of benzene rings is 3. The molecule has 0 amide bonds. The van der Waals surface area contributed by atoms with Crippen LogP contribution in [-0.4, -0.2) is 25.0 Å². The lowest BCUT2D eigenvalue weighted by molar-refractivity contribution is 0.0223. The Kier molecular flexibility index (Phi) is 4.32. The molecule has 0 bridgehead atoms. The van der Waals surface area contributed by atoms with Crippen molar-refractivity contribution in [3.05, 3.63) is 80.8 Å². The van der Waals surface area contributed by atoms with E-state index in [0.717, 1.165) is 0 Å². The molecule has 8 heteroatoms. The highest BCUT2D eigenvalue weighted by molar-refractivity contribution is 6.32. The summed E-state index contributed by atoms with van der Waals surface area (Å²) >= 11 is 12.7. The van der Waals surface area contributed by atoms with E-state index < -0.39 is 11.6 Å². The zero-order chi connectivity index (χ0) is 21.0. The molecule has 1 spiro atoms. The van der Waals surface area contributed by atoms with Gasteiger partial charge >= 0.3 is 5.97 Å². The fourth-order valence-corrected chi connectivity index (χ4v) is 4.29. The van der Waals surface area contributed by atoms with E-state index in [1.807, 2.05) is 12.1 Å². The summed E-state index contributed by atoms with van der Waals surface area (Å²) in [5.41, 5.74) is 0.722. The molecule has 1 atom stereocenters. The van der Waals surface area contributed by atoms with E-state index in [-0.39, 0.29) is 17.6 Å². The number of phenols is 1. The van der Waals surface area contributed by atoms with Crippen LogP contribution in [0.2, 0.25) is 10.0 Å². The van der Waals surface area contributed by atoms with Gasteiger partial charge in [0.25, 0.3) is 0 Å². The summed E-state index contributed by atoms with van der Waals surface area (Å²) in [6.07, 6.45) is 0. The van der Waals surface area contributed by atoms with Gasteiger partial charge in [0, 0.05) is 35.9 Å². The number of phenolic OH excluding ortho intramolecular Hbond substituents is 1. The molecule has 6 nitrogen and oxygen atoms in total. The number of esters is 1. The van der Waals surface area contributed by atoms with E-state index in [2.05, 4.69) is 0 Å². The first kappa shape index (κ1) is 19.1.